The summed E-state index contributed by atoms with van der Waals surface area (Å²) in [4.78, 5) is 9.15. The van der Waals surface area contributed by atoms with Crippen LogP contribution in [0, 0.1) is 0 Å². The zero-order chi connectivity index (χ0) is 14.7. The molecule has 5 heteroatoms. The zero-order valence-corrected chi connectivity index (χ0v) is 12.9. The van der Waals surface area contributed by atoms with Crippen molar-refractivity contribution < 1.29 is 0 Å². The van der Waals surface area contributed by atoms with Crippen LogP contribution in [-0.2, 0) is 6.42 Å². The fourth-order valence-electron chi connectivity index (χ4n) is 2.29. The summed E-state index contributed by atoms with van der Waals surface area (Å²) >= 11 is 0. The molecule has 1 unspecified atom stereocenters. The molecule has 0 amide bonds. The third-order valence-corrected chi connectivity index (χ3v) is 3.37. The fraction of sp³-hybridized carbons (Fsp3) is 0.533. The van der Waals surface area contributed by atoms with Gasteiger partial charge in [0.25, 0.3) is 0 Å². The number of fused-ring (bicyclic) bond motifs is 1. The van der Waals surface area contributed by atoms with E-state index in [9.17, 15) is 0 Å². The van der Waals surface area contributed by atoms with Gasteiger partial charge in [0.2, 0.25) is 0 Å². The van der Waals surface area contributed by atoms with Gasteiger partial charge >= 0.3 is 0 Å². The van der Waals surface area contributed by atoms with Crippen molar-refractivity contribution in [1.82, 2.24) is 14.3 Å². The predicted molar refractivity (Wildman–Crippen MR) is 84.4 cm³/mol. The summed E-state index contributed by atoms with van der Waals surface area (Å²) in [6.45, 7) is 3.98. The molecule has 2 aromatic heterocycles. The molecule has 20 heavy (non-hydrogen) atoms. The van der Waals surface area contributed by atoms with Crippen LogP contribution in [-0.4, -0.2) is 54.6 Å². The summed E-state index contributed by atoms with van der Waals surface area (Å²) in [5.74, 6) is 1.04. The number of rotatable bonds is 6. The molecule has 5 nitrogen and oxygen atoms in total. The van der Waals surface area contributed by atoms with Crippen LogP contribution < -0.4 is 10.6 Å². The zero-order valence-electron chi connectivity index (χ0n) is 12.9. The Bertz CT molecular complexity index is 558. The molecule has 0 aliphatic heterocycles. The van der Waals surface area contributed by atoms with E-state index >= 15 is 0 Å². The van der Waals surface area contributed by atoms with Crippen molar-refractivity contribution in [1.29, 1.82) is 0 Å². The van der Waals surface area contributed by atoms with E-state index in [1.54, 1.807) is 0 Å². The number of likely N-dealkylation sites (N-methyl/N-ethyl adjacent to an activating group) is 2. The average molecular weight is 275 g/mol. The maximum absolute atomic E-state index is 6.00. The van der Waals surface area contributed by atoms with E-state index in [1.165, 1.54) is 5.69 Å². The van der Waals surface area contributed by atoms with Crippen LogP contribution in [0.15, 0.2) is 24.4 Å². The van der Waals surface area contributed by atoms with Gasteiger partial charge in [0, 0.05) is 38.8 Å². The van der Waals surface area contributed by atoms with Gasteiger partial charge in [0.15, 0.2) is 5.82 Å². The molecule has 0 aliphatic carbocycles. The van der Waals surface area contributed by atoms with E-state index in [0.29, 0.717) is 0 Å². The number of pyridine rings is 1. The number of nitrogens with two attached hydrogens (primary N) is 1. The highest BCUT2D eigenvalue weighted by molar-refractivity contribution is 5.55. The number of imidazole rings is 1. The Balaban J connectivity index is 2.35. The highest BCUT2D eigenvalue weighted by Crippen LogP contribution is 2.22. The Kier molecular flexibility index (Phi) is 4.62. The van der Waals surface area contributed by atoms with Gasteiger partial charge in [-0.2, -0.15) is 0 Å². The van der Waals surface area contributed by atoms with E-state index in [4.69, 9.17) is 10.7 Å². The highest BCUT2D eigenvalue weighted by Gasteiger charge is 2.16. The lowest BCUT2D eigenvalue weighted by atomic mass is 10.2. The maximum atomic E-state index is 6.00. The van der Waals surface area contributed by atoms with Gasteiger partial charge in [-0.25, -0.2) is 4.98 Å². The van der Waals surface area contributed by atoms with Gasteiger partial charge in [-0.3, -0.25) is 0 Å². The third kappa shape index (κ3) is 3.29. The van der Waals surface area contributed by atoms with Crippen molar-refractivity contribution in [3.05, 3.63) is 30.1 Å². The molecule has 0 fully saturated rings. The number of hydrogen-bond donors (Lipinski definition) is 1. The van der Waals surface area contributed by atoms with Crippen molar-refractivity contribution in [2.24, 2.45) is 5.73 Å². The quantitative estimate of drug-likeness (QED) is 0.861. The molecule has 0 radical (unpaired) electrons. The lowest BCUT2D eigenvalue weighted by molar-refractivity contribution is 0.416. The average Bonchev–Trinajstić information content (AvgIpc) is 2.74. The molecule has 2 aromatic rings. The van der Waals surface area contributed by atoms with E-state index in [2.05, 4.69) is 41.5 Å². The Labute approximate surface area is 121 Å². The molecular weight excluding hydrogens is 250 g/mol. The summed E-state index contributed by atoms with van der Waals surface area (Å²) < 4.78 is 2.14. The Morgan fingerprint density at radius 1 is 1.25 bits per heavy atom. The number of anilines is 1. The molecule has 0 aromatic carbocycles. The number of nitrogens with zero attached hydrogens (tertiary/aromatic N) is 4. The molecule has 0 saturated carbocycles. The van der Waals surface area contributed by atoms with Gasteiger partial charge < -0.3 is 19.9 Å². The molecule has 0 spiro atoms. The van der Waals surface area contributed by atoms with Gasteiger partial charge in [0.05, 0.1) is 5.69 Å². The van der Waals surface area contributed by atoms with Gasteiger partial charge in [0.1, 0.15) is 5.65 Å². The van der Waals surface area contributed by atoms with E-state index in [1.807, 2.05) is 25.1 Å². The third-order valence-electron chi connectivity index (χ3n) is 3.37. The largest absolute Gasteiger partial charge is 0.357 e. The smallest absolute Gasteiger partial charge is 0.150 e. The minimum absolute atomic E-state index is 0.121. The lowest BCUT2D eigenvalue weighted by Crippen LogP contribution is -2.30. The van der Waals surface area contributed by atoms with Crippen LogP contribution in [0.1, 0.15) is 12.6 Å². The van der Waals surface area contributed by atoms with Crippen molar-refractivity contribution in [2.75, 3.05) is 39.1 Å². The maximum Gasteiger partial charge on any atom is 0.150 e. The van der Waals surface area contributed by atoms with Crippen molar-refractivity contribution in [2.45, 2.75) is 19.4 Å². The molecule has 0 bridgehead atoms. The van der Waals surface area contributed by atoms with Crippen molar-refractivity contribution in [3.8, 4) is 0 Å². The molecule has 0 saturated heterocycles. The minimum Gasteiger partial charge on any atom is -0.357 e. The van der Waals surface area contributed by atoms with Crippen LogP contribution in [0.5, 0.6) is 0 Å². The predicted octanol–water partition coefficient (Wildman–Crippen LogP) is 1.22. The lowest BCUT2D eigenvalue weighted by Gasteiger charge is -2.21. The second-order valence-electron chi connectivity index (χ2n) is 5.72. The van der Waals surface area contributed by atoms with Crippen LogP contribution in [0.4, 0.5) is 5.82 Å². The minimum atomic E-state index is 0.121. The molecule has 2 heterocycles. The van der Waals surface area contributed by atoms with Crippen molar-refractivity contribution >= 4 is 11.5 Å². The topological polar surface area (TPSA) is 49.8 Å². The normalized spacial score (nSPS) is 13.1. The summed E-state index contributed by atoms with van der Waals surface area (Å²) in [6.07, 6.45) is 2.89. The molecule has 110 valence electrons. The molecule has 2 rings (SSSR count). The van der Waals surface area contributed by atoms with Crippen LogP contribution in [0.2, 0.25) is 0 Å². The van der Waals surface area contributed by atoms with Gasteiger partial charge in [-0.15, -0.1) is 0 Å². The first-order chi connectivity index (χ1) is 9.49. The molecule has 0 aliphatic rings. The monoisotopic (exact) mass is 275 g/mol. The van der Waals surface area contributed by atoms with E-state index < -0.39 is 0 Å². The summed E-state index contributed by atoms with van der Waals surface area (Å²) in [6, 6.07) is 6.20. The first-order valence-electron chi connectivity index (χ1n) is 7.06. The first-order valence-corrected chi connectivity index (χ1v) is 7.06. The van der Waals surface area contributed by atoms with E-state index in [0.717, 1.165) is 31.0 Å². The second-order valence-corrected chi connectivity index (χ2v) is 5.72. The first kappa shape index (κ1) is 14.8. The molecular formula is C15H25N5. The molecule has 1 atom stereocenters. The Morgan fingerprint density at radius 3 is 2.65 bits per heavy atom. The Morgan fingerprint density at radius 2 is 2.00 bits per heavy atom. The standard InChI is InChI=1S/C15H25N5/c1-12(16)11-13-15(19(4)10-9-18(2)3)17-14-7-5-6-8-20(13)14/h5-8,12H,9-11,16H2,1-4H3. The summed E-state index contributed by atoms with van der Waals surface area (Å²) in [5, 5.41) is 0. The highest BCUT2D eigenvalue weighted by atomic mass is 15.2. The van der Waals surface area contributed by atoms with Gasteiger partial charge in [-0.05, 0) is 33.2 Å². The SMILES string of the molecule is CC(N)Cc1c(N(C)CCN(C)C)nc2ccccn12. The van der Waals surface area contributed by atoms with Crippen LogP contribution >= 0.6 is 0 Å². The molecule has 2 N–H and O–H groups in total. The fourth-order valence-corrected chi connectivity index (χ4v) is 2.29. The van der Waals surface area contributed by atoms with Crippen molar-refractivity contribution in [3.63, 3.8) is 0 Å². The number of hydrogen-bond acceptors (Lipinski definition) is 4. The number of aromatic nitrogens is 2. The second kappa shape index (κ2) is 6.24. The van der Waals surface area contributed by atoms with Crippen LogP contribution in [0.3, 0.4) is 0 Å². The van der Waals surface area contributed by atoms with E-state index in [-0.39, 0.29) is 6.04 Å². The summed E-state index contributed by atoms with van der Waals surface area (Å²) in [7, 11) is 6.26. The summed E-state index contributed by atoms with van der Waals surface area (Å²) in [5.41, 5.74) is 8.17. The Hall–Kier alpha value is -1.59. The van der Waals surface area contributed by atoms with Crippen LogP contribution in [0.25, 0.3) is 5.65 Å². The van der Waals surface area contributed by atoms with Gasteiger partial charge in [-0.1, -0.05) is 6.07 Å².